The average Bonchev–Trinajstić information content (AvgIpc) is 2.78. The minimum Gasteiger partial charge on any atom is -0.381 e. The Morgan fingerprint density at radius 2 is 2.20 bits per heavy atom. The Morgan fingerprint density at radius 3 is 2.87 bits per heavy atom. The second-order valence-corrected chi connectivity index (χ2v) is 4.92. The lowest BCUT2D eigenvalue weighted by atomic mass is 10.0. The van der Waals surface area contributed by atoms with Crippen LogP contribution in [-0.4, -0.2) is 23.4 Å². The molecule has 2 N–H and O–H groups in total. The first-order valence-corrected chi connectivity index (χ1v) is 6.29. The molecule has 1 aliphatic rings. The minimum atomic E-state index is 0.0519. The molecule has 2 rings (SSSR count). The number of aromatic nitrogens is 2. The number of nitrogens with two attached hydrogens (primary N) is 1. The fourth-order valence-corrected chi connectivity index (χ4v) is 2.78. The van der Waals surface area contributed by atoms with E-state index in [2.05, 4.69) is 17.1 Å². The Balaban J connectivity index is 2.05. The van der Waals surface area contributed by atoms with Gasteiger partial charge in [-0.2, -0.15) is 0 Å². The molecule has 0 aliphatic carbocycles. The number of ether oxygens (including phenoxy) is 1. The van der Waals surface area contributed by atoms with E-state index in [1.165, 1.54) is 0 Å². The summed E-state index contributed by atoms with van der Waals surface area (Å²) in [4.78, 5) is 0. The first-order chi connectivity index (χ1) is 7.31. The van der Waals surface area contributed by atoms with Crippen molar-refractivity contribution in [1.29, 1.82) is 0 Å². The zero-order valence-electron chi connectivity index (χ0n) is 8.98. The zero-order valence-corrected chi connectivity index (χ0v) is 9.80. The highest BCUT2D eigenvalue weighted by molar-refractivity contribution is 7.11. The van der Waals surface area contributed by atoms with E-state index < -0.39 is 0 Å². The van der Waals surface area contributed by atoms with Crippen molar-refractivity contribution in [1.82, 2.24) is 10.2 Å². The average molecular weight is 227 g/mol. The van der Waals surface area contributed by atoms with Crippen molar-refractivity contribution >= 4 is 11.3 Å². The molecule has 0 aromatic carbocycles. The van der Waals surface area contributed by atoms with E-state index in [0.717, 1.165) is 42.5 Å². The van der Waals surface area contributed by atoms with Gasteiger partial charge in [0.25, 0.3) is 0 Å². The molecule has 0 radical (unpaired) electrons. The molecule has 0 bridgehead atoms. The summed E-state index contributed by atoms with van der Waals surface area (Å²) >= 11 is 1.67. The van der Waals surface area contributed by atoms with Gasteiger partial charge in [0.15, 0.2) is 0 Å². The van der Waals surface area contributed by atoms with Crippen molar-refractivity contribution in [3.63, 3.8) is 0 Å². The van der Waals surface area contributed by atoms with Crippen molar-refractivity contribution in [2.45, 2.75) is 38.1 Å². The summed E-state index contributed by atoms with van der Waals surface area (Å²) in [6.45, 7) is 3.76. The Bertz CT molecular complexity index is 309. The Morgan fingerprint density at radius 1 is 1.47 bits per heavy atom. The lowest BCUT2D eigenvalue weighted by Crippen LogP contribution is -2.13. The van der Waals surface area contributed by atoms with Gasteiger partial charge >= 0.3 is 0 Å². The predicted octanol–water partition coefficient (Wildman–Crippen LogP) is 1.84. The third-order valence-electron chi connectivity index (χ3n) is 2.78. The Kier molecular flexibility index (Phi) is 3.66. The molecule has 1 aliphatic heterocycles. The van der Waals surface area contributed by atoms with E-state index in [9.17, 15) is 0 Å². The van der Waals surface area contributed by atoms with Crippen molar-refractivity contribution in [2.24, 2.45) is 5.73 Å². The zero-order chi connectivity index (χ0) is 10.7. The highest BCUT2D eigenvalue weighted by atomic mass is 32.1. The van der Waals surface area contributed by atoms with Crippen LogP contribution in [0, 0.1) is 0 Å². The summed E-state index contributed by atoms with van der Waals surface area (Å²) in [5.74, 6) is 0.536. The van der Waals surface area contributed by atoms with Crippen LogP contribution in [0.3, 0.4) is 0 Å². The molecule has 5 heteroatoms. The van der Waals surface area contributed by atoms with Gasteiger partial charge in [-0.25, -0.2) is 0 Å². The van der Waals surface area contributed by atoms with Gasteiger partial charge in [-0.05, 0) is 19.3 Å². The minimum absolute atomic E-state index is 0.0519. The highest BCUT2D eigenvalue weighted by Gasteiger charge is 2.21. The number of hydrogen-bond acceptors (Lipinski definition) is 5. The van der Waals surface area contributed by atoms with Gasteiger partial charge in [-0.1, -0.05) is 18.3 Å². The maximum Gasteiger partial charge on any atom is 0.134 e. The van der Waals surface area contributed by atoms with Gasteiger partial charge < -0.3 is 10.5 Å². The second kappa shape index (κ2) is 5.01. The smallest absolute Gasteiger partial charge is 0.134 e. The standard InChI is InChI=1S/C10H17N3OS/c1-2-8(11)10-13-12-9(15-10)7-3-5-14-6-4-7/h7-8H,2-6,11H2,1H3. The molecule has 1 aromatic rings. The molecule has 4 nitrogen and oxygen atoms in total. The van der Waals surface area contributed by atoms with Crippen molar-refractivity contribution in [3.05, 3.63) is 10.0 Å². The van der Waals surface area contributed by atoms with Gasteiger partial charge in [0.2, 0.25) is 0 Å². The molecule has 84 valence electrons. The van der Waals surface area contributed by atoms with E-state index in [0.29, 0.717) is 5.92 Å². The van der Waals surface area contributed by atoms with Gasteiger partial charge in [-0.15, -0.1) is 10.2 Å². The monoisotopic (exact) mass is 227 g/mol. The molecule has 0 saturated carbocycles. The van der Waals surface area contributed by atoms with Gasteiger partial charge in [0.05, 0.1) is 6.04 Å². The molecule has 1 atom stereocenters. The Labute approximate surface area is 93.8 Å². The molecule has 1 unspecified atom stereocenters. The van der Waals surface area contributed by atoms with E-state index in [-0.39, 0.29) is 6.04 Å². The van der Waals surface area contributed by atoms with Crippen LogP contribution in [0.25, 0.3) is 0 Å². The first-order valence-electron chi connectivity index (χ1n) is 5.48. The van der Waals surface area contributed by atoms with Crippen LogP contribution >= 0.6 is 11.3 Å². The van der Waals surface area contributed by atoms with Crippen LogP contribution in [0.1, 0.15) is 48.2 Å². The number of rotatable bonds is 3. The first kappa shape index (κ1) is 11.0. The van der Waals surface area contributed by atoms with E-state index in [4.69, 9.17) is 10.5 Å². The van der Waals surface area contributed by atoms with Crippen LogP contribution < -0.4 is 5.73 Å². The SMILES string of the molecule is CCC(N)c1nnc(C2CCOCC2)s1. The number of nitrogens with zero attached hydrogens (tertiary/aromatic N) is 2. The fraction of sp³-hybridized carbons (Fsp3) is 0.800. The summed E-state index contributed by atoms with van der Waals surface area (Å²) in [5.41, 5.74) is 5.92. The molecule has 2 heterocycles. The molecule has 15 heavy (non-hydrogen) atoms. The molecular weight excluding hydrogens is 210 g/mol. The number of hydrogen-bond donors (Lipinski definition) is 1. The molecule has 1 saturated heterocycles. The summed E-state index contributed by atoms with van der Waals surface area (Å²) < 4.78 is 5.33. The maximum absolute atomic E-state index is 5.92. The fourth-order valence-electron chi connectivity index (χ4n) is 1.68. The topological polar surface area (TPSA) is 61.0 Å². The van der Waals surface area contributed by atoms with E-state index >= 15 is 0 Å². The summed E-state index contributed by atoms with van der Waals surface area (Å²) in [6.07, 6.45) is 3.05. The molecule has 1 aromatic heterocycles. The largest absolute Gasteiger partial charge is 0.381 e. The molecule has 0 amide bonds. The van der Waals surface area contributed by atoms with Crippen molar-refractivity contribution in [3.8, 4) is 0 Å². The van der Waals surface area contributed by atoms with Crippen molar-refractivity contribution in [2.75, 3.05) is 13.2 Å². The van der Waals surface area contributed by atoms with Crippen LogP contribution in [0.15, 0.2) is 0 Å². The van der Waals surface area contributed by atoms with Gasteiger partial charge in [-0.3, -0.25) is 0 Å². The van der Waals surface area contributed by atoms with Crippen LogP contribution in [0.5, 0.6) is 0 Å². The lowest BCUT2D eigenvalue weighted by molar-refractivity contribution is 0.0851. The van der Waals surface area contributed by atoms with Gasteiger partial charge in [0.1, 0.15) is 10.0 Å². The third-order valence-corrected chi connectivity index (χ3v) is 4.00. The van der Waals surface area contributed by atoms with E-state index in [1.807, 2.05) is 0 Å². The maximum atomic E-state index is 5.92. The van der Waals surface area contributed by atoms with Crippen LogP contribution in [0.4, 0.5) is 0 Å². The third kappa shape index (κ3) is 2.53. The lowest BCUT2D eigenvalue weighted by Gasteiger charge is -2.19. The van der Waals surface area contributed by atoms with Crippen LogP contribution in [-0.2, 0) is 4.74 Å². The highest BCUT2D eigenvalue weighted by Crippen LogP contribution is 2.30. The van der Waals surface area contributed by atoms with Gasteiger partial charge in [0, 0.05) is 19.1 Å². The molecule has 1 fully saturated rings. The quantitative estimate of drug-likeness (QED) is 0.856. The van der Waals surface area contributed by atoms with E-state index in [1.54, 1.807) is 11.3 Å². The summed E-state index contributed by atoms with van der Waals surface area (Å²) in [5, 5.41) is 10.5. The van der Waals surface area contributed by atoms with Crippen molar-refractivity contribution < 1.29 is 4.74 Å². The second-order valence-electron chi connectivity index (χ2n) is 3.88. The molecule has 0 spiro atoms. The van der Waals surface area contributed by atoms with Crippen LogP contribution in [0.2, 0.25) is 0 Å². The molecular formula is C10H17N3OS. The predicted molar refractivity (Wildman–Crippen MR) is 59.9 cm³/mol. The Hall–Kier alpha value is -0.520. The normalized spacial score (nSPS) is 20.4. The summed E-state index contributed by atoms with van der Waals surface area (Å²) in [6, 6.07) is 0.0519. The summed E-state index contributed by atoms with van der Waals surface area (Å²) in [7, 11) is 0.